The molecular weight excluding hydrogens is 467 g/mol. The first-order valence-corrected chi connectivity index (χ1v) is 12.0. The molecule has 0 spiro atoms. The van der Waals surface area contributed by atoms with E-state index in [-0.39, 0.29) is 36.8 Å². The molecule has 0 fully saturated rings. The van der Waals surface area contributed by atoms with Crippen molar-refractivity contribution in [3.63, 3.8) is 0 Å². The molecule has 0 aromatic heterocycles. The van der Waals surface area contributed by atoms with Gasteiger partial charge in [-0.25, -0.2) is 4.39 Å². The van der Waals surface area contributed by atoms with Gasteiger partial charge in [0.1, 0.15) is 17.6 Å². The second-order valence-corrected chi connectivity index (χ2v) is 8.80. The SMILES string of the molecule is CC[C@@H](C)NC(=O)[C@@H](Cc1ccccc1)N(Cc1ccc(F)cc1)C(=O)COc1ccccc1Cl. The first kappa shape index (κ1) is 26.2. The number of hydrogen-bond acceptors (Lipinski definition) is 3. The lowest BCUT2D eigenvalue weighted by Crippen LogP contribution is -2.53. The zero-order valence-electron chi connectivity index (χ0n) is 19.9. The molecule has 3 rings (SSSR count). The van der Waals surface area contributed by atoms with Gasteiger partial charge in [0.2, 0.25) is 5.91 Å². The summed E-state index contributed by atoms with van der Waals surface area (Å²) < 4.78 is 19.2. The Hall–Kier alpha value is -3.38. The molecule has 0 heterocycles. The van der Waals surface area contributed by atoms with Crippen molar-refractivity contribution in [2.75, 3.05) is 6.61 Å². The smallest absolute Gasteiger partial charge is 0.261 e. The molecule has 2 atom stereocenters. The van der Waals surface area contributed by atoms with Gasteiger partial charge in [-0.15, -0.1) is 0 Å². The van der Waals surface area contributed by atoms with Crippen LogP contribution in [0.5, 0.6) is 5.75 Å². The molecular formula is C28H30ClFN2O3. The van der Waals surface area contributed by atoms with E-state index in [9.17, 15) is 14.0 Å². The first-order chi connectivity index (χ1) is 16.9. The third-order valence-electron chi connectivity index (χ3n) is 5.73. The van der Waals surface area contributed by atoms with E-state index in [0.29, 0.717) is 22.8 Å². The van der Waals surface area contributed by atoms with Gasteiger partial charge < -0.3 is 15.0 Å². The van der Waals surface area contributed by atoms with Gasteiger partial charge in [-0.1, -0.05) is 73.1 Å². The van der Waals surface area contributed by atoms with E-state index in [1.165, 1.54) is 17.0 Å². The minimum atomic E-state index is -0.793. The Kier molecular flexibility index (Phi) is 9.67. The number of amides is 2. The predicted molar refractivity (Wildman–Crippen MR) is 136 cm³/mol. The summed E-state index contributed by atoms with van der Waals surface area (Å²) in [5.41, 5.74) is 1.62. The third kappa shape index (κ3) is 7.82. The van der Waals surface area contributed by atoms with Crippen molar-refractivity contribution in [2.24, 2.45) is 0 Å². The van der Waals surface area contributed by atoms with Crippen molar-refractivity contribution in [3.8, 4) is 5.75 Å². The van der Waals surface area contributed by atoms with Gasteiger partial charge in [-0.3, -0.25) is 9.59 Å². The predicted octanol–water partition coefficient (Wildman–Crippen LogP) is 5.41. The van der Waals surface area contributed by atoms with Crippen LogP contribution in [0.15, 0.2) is 78.9 Å². The lowest BCUT2D eigenvalue weighted by atomic mass is 10.0. The minimum Gasteiger partial charge on any atom is -0.482 e. The highest BCUT2D eigenvalue weighted by Crippen LogP contribution is 2.23. The fourth-order valence-corrected chi connectivity index (χ4v) is 3.76. The van der Waals surface area contributed by atoms with Gasteiger partial charge in [0.25, 0.3) is 5.91 Å². The van der Waals surface area contributed by atoms with E-state index >= 15 is 0 Å². The molecule has 3 aromatic rings. The van der Waals surface area contributed by atoms with Crippen LogP contribution in [0.25, 0.3) is 0 Å². The highest BCUT2D eigenvalue weighted by molar-refractivity contribution is 6.32. The highest BCUT2D eigenvalue weighted by atomic mass is 35.5. The highest BCUT2D eigenvalue weighted by Gasteiger charge is 2.31. The van der Waals surface area contributed by atoms with Crippen molar-refractivity contribution in [1.82, 2.24) is 10.2 Å². The summed E-state index contributed by atoms with van der Waals surface area (Å²) in [6.45, 7) is 3.73. The summed E-state index contributed by atoms with van der Waals surface area (Å²) in [5.74, 6) is -0.622. The molecule has 0 bridgehead atoms. The topological polar surface area (TPSA) is 58.6 Å². The third-order valence-corrected chi connectivity index (χ3v) is 6.04. The van der Waals surface area contributed by atoms with Crippen LogP contribution in [0, 0.1) is 5.82 Å². The molecule has 184 valence electrons. The molecule has 3 aromatic carbocycles. The lowest BCUT2D eigenvalue weighted by molar-refractivity contribution is -0.143. The van der Waals surface area contributed by atoms with Crippen LogP contribution >= 0.6 is 11.6 Å². The summed E-state index contributed by atoms with van der Waals surface area (Å²) in [6.07, 6.45) is 1.08. The number of carbonyl (C=O) groups excluding carboxylic acids is 2. The zero-order valence-corrected chi connectivity index (χ0v) is 20.7. The Morgan fingerprint density at radius 3 is 2.29 bits per heavy atom. The van der Waals surface area contributed by atoms with Gasteiger partial charge >= 0.3 is 0 Å². The molecule has 0 aliphatic carbocycles. The fourth-order valence-electron chi connectivity index (χ4n) is 3.57. The van der Waals surface area contributed by atoms with Crippen LogP contribution in [-0.2, 0) is 22.6 Å². The Morgan fingerprint density at radius 2 is 1.63 bits per heavy atom. The van der Waals surface area contributed by atoms with Crippen LogP contribution in [0.1, 0.15) is 31.4 Å². The molecule has 0 aliphatic heterocycles. The van der Waals surface area contributed by atoms with Gasteiger partial charge in [0, 0.05) is 19.0 Å². The quantitative estimate of drug-likeness (QED) is 0.386. The average molecular weight is 497 g/mol. The van der Waals surface area contributed by atoms with Gasteiger partial charge in [-0.05, 0) is 48.7 Å². The number of benzene rings is 3. The van der Waals surface area contributed by atoms with E-state index in [1.54, 1.807) is 36.4 Å². The number of carbonyl (C=O) groups is 2. The number of hydrogen-bond donors (Lipinski definition) is 1. The molecule has 0 aliphatic rings. The first-order valence-electron chi connectivity index (χ1n) is 11.6. The number of nitrogens with one attached hydrogen (secondary N) is 1. The summed E-state index contributed by atoms with van der Waals surface area (Å²) in [5, 5.41) is 3.40. The van der Waals surface area contributed by atoms with E-state index in [4.69, 9.17) is 16.3 Å². The maximum Gasteiger partial charge on any atom is 0.261 e. The zero-order chi connectivity index (χ0) is 25.2. The summed E-state index contributed by atoms with van der Waals surface area (Å²) in [7, 11) is 0. The molecule has 2 amide bonds. The molecule has 0 radical (unpaired) electrons. The largest absolute Gasteiger partial charge is 0.482 e. The number of halogens is 2. The van der Waals surface area contributed by atoms with E-state index in [2.05, 4.69) is 5.32 Å². The van der Waals surface area contributed by atoms with E-state index in [1.807, 2.05) is 44.2 Å². The van der Waals surface area contributed by atoms with E-state index in [0.717, 1.165) is 12.0 Å². The van der Waals surface area contributed by atoms with Crippen molar-refractivity contribution in [3.05, 3.63) is 101 Å². The Bertz CT molecular complexity index is 1110. The Balaban J connectivity index is 1.91. The van der Waals surface area contributed by atoms with Gasteiger partial charge in [0.05, 0.1) is 5.02 Å². The van der Waals surface area contributed by atoms with Gasteiger partial charge in [-0.2, -0.15) is 0 Å². The second kappa shape index (κ2) is 12.9. The number of rotatable bonds is 11. The number of ether oxygens (including phenoxy) is 1. The van der Waals surface area contributed by atoms with Crippen LogP contribution in [-0.4, -0.2) is 35.4 Å². The molecule has 0 unspecified atom stereocenters. The molecule has 0 saturated heterocycles. The molecule has 1 N–H and O–H groups in total. The minimum absolute atomic E-state index is 0.0529. The summed E-state index contributed by atoms with van der Waals surface area (Å²) >= 11 is 6.18. The Morgan fingerprint density at radius 1 is 0.971 bits per heavy atom. The van der Waals surface area contributed by atoms with Gasteiger partial charge in [0.15, 0.2) is 6.61 Å². The molecule has 7 heteroatoms. The van der Waals surface area contributed by atoms with Crippen LogP contribution in [0.3, 0.4) is 0 Å². The maximum absolute atomic E-state index is 13.5. The van der Waals surface area contributed by atoms with Crippen molar-refractivity contribution >= 4 is 23.4 Å². The summed E-state index contributed by atoms with van der Waals surface area (Å²) in [6, 6.07) is 21.5. The lowest BCUT2D eigenvalue weighted by Gasteiger charge is -2.32. The fraction of sp³-hybridized carbons (Fsp3) is 0.286. The monoisotopic (exact) mass is 496 g/mol. The normalized spacial score (nSPS) is 12.5. The van der Waals surface area contributed by atoms with E-state index < -0.39 is 6.04 Å². The van der Waals surface area contributed by atoms with Crippen molar-refractivity contribution in [1.29, 1.82) is 0 Å². The van der Waals surface area contributed by atoms with Crippen molar-refractivity contribution in [2.45, 2.75) is 45.3 Å². The standard InChI is InChI=1S/C28H30ClFN2O3/c1-3-20(2)31-28(34)25(17-21-9-5-4-6-10-21)32(18-22-13-15-23(30)16-14-22)27(33)19-35-26-12-8-7-11-24(26)29/h4-16,20,25H,3,17-19H2,1-2H3,(H,31,34)/t20-,25-/m1/s1. The maximum atomic E-state index is 13.5. The Labute approximate surface area is 210 Å². The molecule has 0 saturated carbocycles. The van der Waals surface area contributed by atoms with Crippen molar-refractivity contribution < 1.29 is 18.7 Å². The average Bonchev–Trinajstić information content (AvgIpc) is 2.87. The summed E-state index contributed by atoms with van der Waals surface area (Å²) in [4.78, 5) is 28.4. The van der Waals surface area contributed by atoms with Crippen LogP contribution < -0.4 is 10.1 Å². The second-order valence-electron chi connectivity index (χ2n) is 8.39. The van der Waals surface area contributed by atoms with Crippen LogP contribution in [0.4, 0.5) is 4.39 Å². The van der Waals surface area contributed by atoms with Crippen LogP contribution in [0.2, 0.25) is 5.02 Å². The number of nitrogens with zero attached hydrogens (tertiary/aromatic N) is 1. The molecule has 35 heavy (non-hydrogen) atoms. The number of para-hydroxylation sites is 1. The molecule has 5 nitrogen and oxygen atoms in total.